The third-order valence-corrected chi connectivity index (χ3v) is 2.01. The molecule has 0 saturated heterocycles. The Morgan fingerprint density at radius 2 is 1.50 bits per heavy atom. The minimum atomic E-state index is -1.39. The minimum absolute atomic E-state index is 0.511. The summed E-state index contributed by atoms with van der Waals surface area (Å²) in [6, 6.07) is 0. The smallest absolute Gasteiger partial charge is 0.0402 e. The summed E-state index contributed by atoms with van der Waals surface area (Å²) >= 11 is 0. The molecule has 0 aromatic heterocycles. The van der Waals surface area contributed by atoms with Gasteiger partial charge in [-0.15, -0.1) is 12.3 Å². The fourth-order valence-corrected chi connectivity index (χ4v) is 1.24. The molecule has 0 amide bonds. The molecule has 0 fully saturated rings. The molecule has 0 aliphatic carbocycles. The van der Waals surface area contributed by atoms with Gasteiger partial charge in [0.1, 0.15) is 0 Å². The lowest BCUT2D eigenvalue weighted by molar-refractivity contribution is 0.579. The molecular weight excluding hydrogens is 144 g/mol. The van der Waals surface area contributed by atoms with Gasteiger partial charge in [-0.25, -0.2) is 0 Å². The molecule has 0 nitrogen and oxygen atoms in total. The summed E-state index contributed by atoms with van der Waals surface area (Å²) in [6.07, 6.45) is 12.7. The normalized spacial score (nSPS) is 13.3. The Balaban J connectivity index is 3.18. The van der Waals surface area contributed by atoms with Crippen LogP contribution in [0, 0.1) is 12.3 Å². The summed E-state index contributed by atoms with van der Waals surface area (Å²) in [4.78, 5) is 0. The monoisotopic (exact) mass is 168 g/mol. The van der Waals surface area contributed by atoms with Crippen molar-refractivity contribution in [3.05, 3.63) is 0 Å². The van der Waals surface area contributed by atoms with Crippen molar-refractivity contribution < 1.29 is 2.74 Å². The van der Waals surface area contributed by atoms with E-state index in [-0.39, 0.29) is 0 Å². The Bertz CT molecular complexity index is 168. The first kappa shape index (κ1) is 8.17. The maximum Gasteiger partial charge on any atom is 0.0402 e. The van der Waals surface area contributed by atoms with Gasteiger partial charge in [0.25, 0.3) is 0 Å². The van der Waals surface area contributed by atoms with Gasteiger partial charge in [0.15, 0.2) is 0 Å². The van der Waals surface area contributed by atoms with E-state index in [0.717, 1.165) is 12.8 Å². The highest BCUT2D eigenvalue weighted by molar-refractivity contribution is 4.82. The molecule has 0 aliphatic rings. The first-order chi connectivity index (χ1) is 6.62. The van der Waals surface area contributed by atoms with Crippen LogP contribution >= 0.6 is 0 Å². The van der Waals surface area contributed by atoms with E-state index in [4.69, 9.17) is 9.16 Å². The zero-order valence-corrected chi connectivity index (χ0v) is 8.23. The van der Waals surface area contributed by atoms with E-state index < -0.39 is 6.37 Å². The van der Waals surface area contributed by atoms with Crippen molar-refractivity contribution in [2.45, 2.75) is 64.7 Å². The molecule has 0 aromatic carbocycles. The summed E-state index contributed by atoms with van der Waals surface area (Å²) in [7, 11) is 0. The van der Waals surface area contributed by atoms with E-state index in [1.165, 1.54) is 32.1 Å². The summed E-state index contributed by atoms with van der Waals surface area (Å²) < 4.78 is 14.7. The van der Waals surface area contributed by atoms with Crippen LogP contribution in [-0.2, 0) is 0 Å². The van der Waals surface area contributed by atoms with Crippen LogP contribution in [0.4, 0.5) is 0 Å². The minimum Gasteiger partial charge on any atom is -0.120 e. The van der Waals surface area contributed by atoms with Crippen molar-refractivity contribution >= 4 is 0 Å². The van der Waals surface area contributed by atoms with E-state index in [9.17, 15) is 0 Å². The molecule has 12 heavy (non-hydrogen) atoms. The van der Waals surface area contributed by atoms with Gasteiger partial charge >= 0.3 is 0 Å². The maximum atomic E-state index is 7.35. The van der Waals surface area contributed by atoms with E-state index in [0.29, 0.717) is 6.42 Å². The summed E-state index contributed by atoms with van der Waals surface area (Å²) in [5, 5.41) is 0. The molecule has 0 spiro atoms. The van der Waals surface area contributed by atoms with Gasteiger partial charge in [-0.1, -0.05) is 51.9 Å². The van der Waals surface area contributed by atoms with Crippen LogP contribution in [0.3, 0.4) is 0 Å². The van der Waals surface area contributed by atoms with Crippen LogP contribution in [0.1, 0.15) is 67.4 Å². The Hall–Kier alpha value is -0.440. The second-order valence-corrected chi connectivity index (χ2v) is 3.19. The van der Waals surface area contributed by atoms with Crippen LogP contribution in [0.2, 0.25) is 0 Å². The highest BCUT2D eigenvalue weighted by Crippen LogP contribution is 2.08. The standard InChI is InChI=1S/C12H22/c1-3-5-7-9-11-12-10-8-6-4-2/h1H,4-12H2,2H3/i5D2. The topological polar surface area (TPSA) is 0 Å². The van der Waals surface area contributed by atoms with Gasteiger partial charge in [0.05, 0.1) is 0 Å². The van der Waals surface area contributed by atoms with E-state index in [1.54, 1.807) is 0 Å². The molecule has 0 unspecified atom stereocenters. The average molecular weight is 168 g/mol. The van der Waals surface area contributed by atoms with Crippen molar-refractivity contribution in [2.24, 2.45) is 0 Å². The second kappa shape index (κ2) is 10.6. The fourth-order valence-electron chi connectivity index (χ4n) is 1.24. The molecule has 0 saturated carbocycles. The van der Waals surface area contributed by atoms with Crippen LogP contribution in [0.25, 0.3) is 0 Å². The van der Waals surface area contributed by atoms with Gasteiger partial charge in [-0.3, -0.25) is 0 Å². The second-order valence-electron chi connectivity index (χ2n) is 3.19. The Morgan fingerprint density at radius 3 is 2.00 bits per heavy atom. The SMILES string of the molecule is [2H]C([2H])(C#C)CCCCCCCCC. The van der Waals surface area contributed by atoms with Crippen molar-refractivity contribution in [2.75, 3.05) is 0 Å². The van der Waals surface area contributed by atoms with Crippen LogP contribution in [-0.4, -0.2) is 0 Å². The van der Waals surface area contributed by atoms with Crippen LogP contribution < -0.4 is 0 Å². The Morgan fingerprint density at radius 1 is 1.00 bits per heavy atom. The highest BCUT2D eigenvalue weighted by Gasteiger charge is 1.89. The molecule has 0 bridgehead atoms. The van der Waals surface area contributed by atoms with Crippen LogP contribution in [0.5, 0.6) is 0 Å². The third-order valence-electron chi connectivity index (χ3n) is 2.01. The molecule has 0 atom stereocenters. The first-order valence-corrected chi connectivity index (χ1v) is 5.10. The van der Waals surface area contributed by atoms with Gasteiger partial charge in [0.2, 0.25) is 0 Å². The van der Waals surface area contributed by atoms with Gasteiger partial charge in [-0.2, -0.15) is 0 Å². The number of unbranched alkanes of at least 4 members (excludes halogenated alkanes) is 6. The van der Waals surface area contributed by atoms with Gasteiger partial charge in [-0.05, 0) is 6.42 Å². The largest absolute Gasteiger partial charge is 0.120 e. The third kappa shape index (κ3) is 9.56. The number of hydrogen-bond donors (Lipinski definition) is 0. The van der Waals surface area contributed by atoms with Crippen LogP contribution in [0.15, 0.2) is 0 Å². The predicted octanol–water partition coefficient (Wildman–Crippen LogP) is 4.15. The first-order valence-electron chi connectivity index (χ1n) is 6.10. The van der Waals surface area contributed by atoms with Gasteiger partial charge in [0, 0.05) is 9.11 Å². The zero-order chi connectivity index (χ0) is 10.9. The van der Waals surface area contributed by atoms with E-state index in [2.05, 4.69) is 12.8 Å². The Labute approximate surface area is 80.6 Å². The number of terminal acetylenes is 1. The predicted molar refractivity (Wildman–Crippen MR) is 56.1 cm³/mol. The van der Waals surface area contributed by atoms with Crippen molar-refractivity contribution in [1.82, 2.24) is 0 Å². The lowest BCUT2D eigenvalue weighted by Crippen LogP contribution is -1.79. The summed E-state index contributed by atoms with van der Waals surface area (Å²) in [5.74, 6) is 2.19. The molecule has 0 aromatic rings. The van der Waals surface area contributed by atoms with Crippen molar-refractivity contribution in [3.63, 3.8) is 0 Å². The maximum absolute atomic E-state index is 7.35. The van der Waals surface area contributed by atoms with Gasteiger partial charge < -0.3 is 0 Å². The average Bonchev–Trinajstić information content (AvgIpc) is 2.16. The molecule has 70 valence electrons. The summed E-state index contributed by atoms with van der Waals surface area (Å²) in [5.41, 5.74) is 0. The molecule has 0 radical (unpaired) electrons. The van der Waals surface area contributed by atoms with E-state index in [1.807, 2.05) is 0 Å². The zero-order valence-electron chi connectivity index (χ0n) is 10.2. The van der Waals surface area contributed by atoms with Crippen molar-refractivity contribution in [1.29, 1.82) is 0 Å². The van der Waals surface area contributed by atoms with Crippen molar-refractivity contribution in [3.8, 4) is 12.3 Å². The quantitative estimate of drug-likeness (QED) is 0.377. The molecule has 0 aliphatic heterocycles. The highest BCUT2D eigenvalue weighted by atomic mass is 14.0. The lowest BCUT2D eigenvalue weighted by atomic mass is 10.1. The molecule has 0 rings (SSSR count). The molecule has 0 heteroatoms. The number of rotatable bonds is 8. The lowest BCUT2D eigenvalue weighted by Gasteiger charge is -1.98. The molecular formula is C12H22. The molecule has 0 heterocycles. The summed E-state index contributed by atoms with van der Waals surface area (Å²) in [6.45, 7) is 2.21. The Kier molecular flexibility index (Phi) is 7.19. The molecule has 0 N–H and O–H groups in total. The number of hydrogen-bond acceptors (Lipinski definition) is 0. The fraction of sp³-hybridized carbons (Fsp3) is 0.833. The van der Waals surface area contributed by atoms with E-state index >= 15 is 0 Å².